The fourth-order valence-corrected chi connectivity index (χ4v) is 1.78. The van der Waals surface area contributed by atoms with Gasteiger partial charge in [0.05, 0.1) is 6.10 Å². The van der Waals surface area contributed by atoms with E-state index in [-0.39, 0.29) is 6.10 Å². The summed E-state index contributed by atoms with van der Waals surface area (Å²) in [6.07, 6.45) is -0.385. The zero-order chi connectivity index (χ0) is 9.97. The Kier molecular flexibility index (Phi) is 2.82. The van der Waals surface area contributed by atoms with Crippen molar-refractivity contribution < 1.29 is 5.11 Å². The number of nitrogens with two attached hydrogens (primary N) is 1. The molecule has 1 aliphatic heterocycles. The highest BCUT2D eigenvalue weighted by Gasteiger charge is 2.24. The first kappa shape index (κ1) is 9.65. The molecule has 0 spiro atoms. The van der Waals surface area contributed by atoms with Crippen LogP contribution in [0.25, 0.3) is 0 Å². The van der Waals surface area contributed by atoms with E-state index >= 15 is 0 Å². The lowest BCUT2D eigenvalue weighted by molar-refractivity contribution is 0.0663. The van der Waals surface area contributed by atoms with Crippen LogP contribution in [0.4, 0.5) is 0 Å². The Bertz CT molecular complexity index is 283. The van der Waals surface area contributed by atoms with Gasteiger partial charge in [-0.25, -0.2) is 0 Å². The number of aliphatic hydroxyl groups excluding tert-OH is 1. The molecule has 0 saturated carbocycles. The van der Waals surface area contributed by atoms with E-state index in [1.165, 1.54) is 0 Å². The van der Waals surface area contributed by atoms with Gasteiger partial charge in [-0.1, -0.05) is 30.3 Å². The third-order valence-corrected chi connectivity index (χ3v) is 2.60. The molecule has 1 saturated heterocycles. The molecule has 14 heavy (non-hydrogen) atoms. The van der Waals surface area contributed by atoms with E-state index in [1.54, 1.807) is 0 Å². The molecule has 1 aromatic rings. The van der Waals surface area contributed by atoms with Gasteiger partial charge in [-0.2, -0.15) is 0 Å². The van der Waals surface area contributed by atoms with Crippen molar-refractivity contribution in [1.82, 2.24) is 4.90 Å². The molecule has 1 heterocycles. The Morgan fingerprint density at radius 2 is 2.00 bits per heavy atom. The average molecular weight is 192 g/mol. The molecule has 0 amide bonds. The van der Waals surface area contributed by atoms with Crippen molar-refractivity contribution in [3.8, 4) is 0 Å². The van der Waals surface area contributed by atoms with E-state index in [4.69, 9.17) is 5.73 Å². The summed E-state index contributed by atoms with van der Waals surface area (Å²) in [6, 6.07) is 10.0. The monoisotopic (exact) mass is 192 g/mol. The van der Waals surface area contributed by atoms with Crippen LogP contribution in [0.5, 0.6) is 0 Å². The summed E-state index contributed by atoms with van der Waals surface area (Å²) in [6.45, 7) is 2.51. The van der Waals surface area contributed by atoms with Crippen molar-refractivity contribution in [3.63, 3.8) is 0 Å². The van der Waals surface area contributed by atoms with E-state index < -0.39 is 0 Å². The maximum absolute atomic E-state index is 9.86. The Morgan fingerprint density at radius 3 is 2.57 bits per heavy atom. The van der Waals surface area contributed by atoms with Gasteiger partial charge in [0, 0.05) is 25.7 Å². The number of likely N-dealkylation sites (tertiary alicyclic amines) is 1. The predicted octanol–water partition coefficient (Wildman–Crippen LogP) is 0.363. The molecule has 2 rings (SSSR count). The Labute approximate surface area is 84.1 Å². The molecule has 3 heteroatoms. The van der Waals surface area contributed by atoms with Crippen LogP contribution < -0.4 is 5.73 Å². The first-order chi connectivity index (χ1) is 6.75. The topological polar surface area (TPSA) is 49.5 Å². The fourth-order valence-electron chi connectivity index (χ4n) is 1.78. The normalized spacial score (nSPS) is 20.4. The van der Waals surface area contributed by atoms with Crippen molar-refractivity contribution in [2.45, 2.75) is 12.1 Å². The highest BCUT2D eigenvalue weighted by Crippen LogP contribution is 2.16. The minimum atomic E-state index is -0.385. The van der Waals surface area contributed by atoms with Gasteiger partial charge in [-0.05, 0) is 5.56 Å². The molecular weight excluding hydrogens is 176 g/mol. The molecule has 0 aliphatic carbocycles. The lowest BCUT2D eigenvalue weighted by Crippen LogP contribution is -2.56. The molecule has 76 valence electrons. The maximum Gasteiger partial charge on any atom is 0.0916 e. The second-order valence-corrected chi connectivity index (χ2v) is 3.91. The summed E-state index contributed by atoms with van der Waals surface area (Å²) in [7, 11) is 0. The van der Waals surface area contributed by atoms with Crippen molar-refractivity contribution in [3.05, 3.63) is 35.9 Å². The number of β-amino-alcohol motifs (C(OH)–C–C–N with tert-alkyl or cyclic N) is 1. The summed E-state index contributed by atoms with van der Waals surface area (Å²) in [5.74, 6) is 0. The van der Waals surface area contributed by atoms with Gasteiger partial charge in [0.1, 0.15) is 0 Å². The molecule has 0 aromatic heterocycles. The summed E-state index contributed by atoms with van der Waals surface area (Å²) in [5, 5.41) is 9.86. The predicted molar refractivity (Wildman–Crippen MR) is 55.8 cm³/mol. The Balaban J connectivity index is 1.87. The smallest absolute Gasteiger partial charge is 0.0916 e. The summed E-state index contributed by atoms with van der Waals surface area (Å²) in [4.78, 5) is 2.17. The van der Waals surface area contributed by atoms with Gasteiger partial charge in [0.25, 0.3) is 0 Å². The van der Waals surface area contributed by atoms with E-state index in [1.807, 2.05) is 30.3 Å². The minimum absolute atomic E-state index is 0.304. The molecule has 3 nitrogen and oxygen atoms in total. The zero-order valence-corrected chi connectivity index (χ0v) is 8.13. The van der Waals surface area contributed by atoms with Gasteiger partial charge in [0.2, 0.25) is 0 Å². The molecule has 1 atom stereocenters. The molecular formula is C11H16N2O. The van der Waals surface area contributed by atoms with Crippen LogP contribution in [0, 0.1) is 0 Å². The number of aliphatic hydroxyl groups is 1. The van der Waals surface area contributed by atoms with Gasteiger partial charge in [-0.3, -0.25) is 4.90 Å². The molecule has 0 bridgehead atoms. The second kappa shape index (κ2) is 4.09. The van der Waals surface area contributed by atoms with E-state index in [9.17, 15) is 5.11 Å². The van der Waals surface area contributed by atoms with Crippen molar-refractivity contribution in [2.75, 3.05) is 19.6 Å². The Hall–Kier alpha value is -0.900. The number of rotatable bonds is 3. The minimum Gasteiger partial charge on any atom is -0.387 e. The van der Waals surface area contributed by atoms with E-state index in [0.717, 1.165) is 18.7 Å². The number of nitrogens with zero attached hydrogens (tertiary/aromatic N) is 1. The lowest BCUT2D eigenvalue weighted by atomic mass is 10.1. The van der Waals surface area contributed by atoms with Gasteiger partial charge < -0.3 is 10.8 Å². The lowest BCUT2D eigenvalue weighted by Gasteiger charge is -2.38. The number of hydrogen-bond acceptors (Lipinski definition) is 3. The quantitative estimate of drug-likeness (QED) is 0.727. The Morgan fingerprint density at radius 1 is 1.36 bits per heavy atom. The van der Waals surface area contributed by atoms with Crippen LogP contribution >= 0.6 is 0 Å². The van der Waals surface area contributed by atoms with Crippen LogP contribution in [0.1, 0.15) is 11.7 Å². The second-order valence-electron chi connectivity index (χ2n) is 3.91. The largest absolute Gasteiger partial charge is 0.387 e. The van der Waals surface area contributed by atoms with E-state index in [0.29, 0.717) is 12.6 Å². The SMILES string of the molecule is NC1CN(C[C@H](O)c2ccccc2)C1. The average Bonchev–Trinajstić information content (AvgIpc) is 2.17. The summed E-state index contributed by atoms with van der Waals surface area (Å²) < 4.78 is 0. The highest BCUT2D eigenvalue weighted by atomic mass is 16.3. The van der Waals surface area contributed by atoms with Gasteiger partial charge in [-0.15, -0.1) is 0 Å². The summed E-state index contributed by atoms with van der Waals surface area (Å²) in [5.41, 5.74) is 6.64. The zero-order valence-electron chi connectivity index (χ0n) is 8.13. The third-order valence-electron chi connectivity index (χ3n) is 2.60. The van der Waals surface area contributed by atoms with Gasteiger partial charge in [0.15, 0.2) is 0 Å². The molecule has 0 unspecified atom stereocenters. The van der Waals surface area contributed by atoms with Crippen LogP contribution in [-0.2, 0) is 0 Å². The molecule has 1 aromatic carbocycles. The molecule has 1 aliphatic rings. The van der Waals surface area contributed by atoms with Crippen LogP contribution in [0.2, 0.25) is 0 Å². The first-order valence-electron chi connectivity index (χ1n) is 4.96. The highest BCUT2D eigenvalue weighted by molar-refractivity contribution is 5.17. The maximum atomic E-state index is 9.86. The van der Waals surface area contributed by atoms with Crippen LogP contribution in [-0.4, -0.2) is 35.7 Å². The van der Waals surface area contributed by atoms with Crippen molar-refractivity contribution >= 4 is 0 Å². The third kappa shape index (κ3) is 2.12. The first-order valence-corrected chi connectivity index (χ1v) is 4.96. The van der Waals surface area contributed by atoms with Gasteiger partial charge >= 0.3 is 0 Å². The van der Waals surface area contributed by atoms with Crippen LogP contribution in [0.15, 0.2) is 30.3 Å². The van der Waals surface area contributed by atoms with Crippen molar-refractivity contribution in [1.29, 1.82) is 0 Å². The standard InChI is InChI=1S/C11H16N2O/c12-10-6-13(7-10)8-11(14)9-4-2-1-3-5-9/h1-5,10-11,14H,6-8,12H2/t11-/m0/s1. The van der Waals surface area contributed by atoms with Crippen molar-refractivity contribution in [2.24, 2.45) is 5.73 Å². The molecule has 3 N–H and O–H groups in total. The van der Waals surface area contributed by atoms with E-state index in [2.05, 4.69) is 4.90 Å². The van der Waals surface area contributed by atoms with Crippen LogP contribution in [0.3, 0.4) is 0 Å². The summed E-state index contributed by atoms with van der Waals surface area (Å²) >= 11 is 0. The number of benzene rings is 1. The fraction of sp³-hybridized carbons (Fsp3) is 0.455. The number of hydrogen-bond donors (Lipinski definition) is 2. The molecule has 1 fully saturated rings. The molecule has 0 radical (unpaired) electrons.